The fourth-order valence-electron chi connectivity index (χ4n) is 1.35. The van der Waals surface area contributed by atoms with Gasteiger partial charge in [-0.2, -0.15) is 0 Å². The Morgan fingerprint density at radius 2 is 1.92 bits per heavy atom. The minimum atomic E-state index is 0.0795. The highest BCUT2D eigenvalue weighted by Crippen LogP contribution is 2.15. The molecule has 1 aromatic heterocycles. The Kier molecular flexibility index (Phi) is 3.23. The van der Waals surface area contributed by atoms with Crippen LogP contribution in [-0.2, 0) is 0 Å². The zero-order chi connectivity index (χ0) is 9.73. The zero-order valence-corrected chi connectivity index (χ0v) is 8.54. The van der Waals surface area contributed by atoms with Gasteiger partial charge in [-0.25, -0.2) is 9.97 Å². The van der Waals surface area contributed by atoms with E-state index in [9.17, 15) is 0 Å². The van der Waals surface area contributed by atoms with Gasteiger partial charge in [0.05, 0.1) is 0 Å². The van der Waals surface area contributed by atoms with Crippen LogP contribution in [-0.4, -0.2) is 15.5 Å². The summed E-state index contributed by atoms with van der Waals surface area (Å²) in [7, 11) is 0. The van der Waals surface area contributed by atoms with Gasteiger partial charge in [0.2, 0.25) is 5.95 Å². The first-order valence-corrected chi connectivity index (χ1v) is 4.69. The molecule has 0 aliphatic carbocycles. The predicted molar refractivity (Wildman–Crippen MR) is 54.6 cm³/mol. The Morgan fingerprint density at radius 1 is 1.31 bits per heavy atom. The van der Waals surface area contributed by atoms with Gasteiger partial charge in [0.15, 0.2) is 0 Å². The van der Waals surface area contributed by atoms with Gasteiger partial charge >= 0.3 is 0 Å². The van der Waals surface area contributed by atoms with Crippen LogP contribution < -0.4 is 5.32 Å². The molecule has 0 unspecified atom stereocenters. The third-order valence-corrected chi connectivity index (χ3v) is 1.89. The van der Waals surface area contributed by atoms with Crippen molar-refractivity contribution in [3.8, 4) is 0 Å². The van der Waals surface area contributed by atoms with E-state index in [1.807, 2.05) is 6.07 Å². The second-order valence-corrected chi connectivity index (χ2v) is 3.83. The van der Waals surface area contributed by atoms with Gasteiger partial charge in [-0.05, 0) is 26.3 Å². The molecule has 13 heavy (non-hydrogen) atoms. The van der Waals surface area contributed by atoms with E-state index < -0.39 is 0 Å². The lowest BCUT2D eigenvalue weighted by molar-refractivity contribution is 0.507. The first-order chi connectivity index (χ1) is 6.14. The largest absolute Gasteiger partial charge is 0.349 e. The summed E-state index contributed by atoms with van der Waals surface area (Å²) in [5.74, 6) is 0.709. The van der Waals surface area contributed by atoms with Gasteiger partial charge in [0, 0.05) is 17.9 Å². The second kappa shape index (κ2) is 4.21. The summed E-state index contributed by atoms with van der Waals surface area (Å²) in [4.78, 5) is 8.25. The van der Waals surface area contributed by atoms with Crippen LogP contribution in [0.5, 0.6) is 0 Å². The van der Waals surface area contributed by atoms with Crippen molar-refractivity contribution in [3.05, 3.63) is 18.5 Å². The Hall–Kier alpha value is -1.12. The number of nitrogens with one attached hydrogen (secondary N) is 1. The van der Waals surface area contributed by atoms with E-state index in [1.54, 1.807) is 12.4 Å². The van der Waals surface area contributed by atoms with E-state index in [2.05, 4.69) is 36.1 Å². The van der Waals surface area contributed by atoms with Crippen LogP contribution in [0.1, 0.15) is 33.6 Å². The monoisotopic (exact) mass is 179 g/mol. The fraction of sp³-hybridized carbons (Fsp3) is 0.600. The molecule has 1 heterocycles. The van der Waals surface area contributed by atoms with Crippen molar-refractivity contribution in [2.45, 2.75) is 39.2 Å². The Labute approximate surface area is 79.6 Å². The molecule has 1 N–H and O–H groups in total. The lowest BCUT2D eigenvalue weighted by Crippen LogP contribution is -2.31. The van der Waals surface area contributed by atoms with Crippen LogP contribution in [0, 0.1) is 0 Å². The number of rotatable bonds is 4. The lowest BCUT2D eigenvalue weighted by Gasteiger charge is -2.25. The quantitative estimate of drug-likeness (QED) is 0.771. The van der Waals surface area contributed by atoms with Crippen molar-refractivity contribution in [3.63, 3.8) is 0 Å². The summed E-state index contributed by atoms with van der Waals surface area (Å²) >= 11 is 0. The van der Waals surface area contributed by atoms with E-state index in [0.29, 0.717) is 5.95 Å². The highest BCUT2D eigenvalue weighted by atomic mass is 15.1. The van der Waals surface area contributed by atoms with E-state index in [4.69, 9.17) is 0 Å². The summed E-state index contributed by atoms with van der Waals surface area (Å²) in [5.41, 5.74) is 0.0795. The molecule has 0 spiro atoms. The highest BCUT2D eigenvalue weighted by molar-refractivity contribution is 5.26. The Balaban J connectivity index is 2.58. The predicted octanol–water partition coefficient (Wildman–Crippen LogP) is 2.47. The molecule has 3 nitrogen and oxygen atoms in total. The number of anilines is 1. The van der Waals surface area contributed by atoms with Gasteiger partial charge in [-0.15, -0.1) is 0 Å². The average Bonchev–Trinajstić information content (AvgIpc) is 2.04. The molecule has 1 aromatic rings. The maximum absolute atomic E-state index is 4.12. The van der Waals surface area contributed by atoms with Crippen molar-refractivity contribution < 1.29 is 0 Å². The van der Waals surface area contributed by atoms with Gasteiger partial charge in [-0.3, -0.25) is 0 Å². The molecular weight excluding hydrogens is 162 g/mol. The molecule has 0 bridgehead atoms. The normalized spacial score (nSPS) is 11.3. The minimum absolute atomic E-state index is 0.0795. The molecule has 0 aromatic carbocycles. The smallest absolute Gasteiger partial charge is 0.222 e. The van der Waals surface area contributed by atoms with Gasteiger partial charge in [-0.1, -0.05) is 13.3 Å². The minimum Gasteiger partial charge on any atom is -0.349 e. The molecule has 0 atom stereocenters. The molecule has 3 heteroatoms. The topological polar surface area (TPSA) is 37.8 Å². The van der Waals surface area contributed by atoms with Crippen LogP contribution >= 0.6 is 0 Å². The lowest BCUT2D eigenvalue weighted by atomic mass is 9.99. The molecule has 1 rings (SSSR count). The van der Waals surface area contributed by atoms with Crippen LogP contribution in [0.3, 0.4) is 0 Å². The van der Waals surface area contributed by atoms with Gasteiger partial charge in [0.1, 0.15) is 0 Å². The summed E-state index contributed by atoms with van der Waals surface area (Å²) < 4.78 is 0. The van der Waals surface area contributed by atoms with Crippen molar-refractivity contribution in [1.29, 1.82) is 0 Å². The zero-order valence-electron chi connectivity index (χ0n) is 8.54. The molecule has 0 aliphatic rings. The number of hydrogen-bond donors (Lipinski definition) is 1. The summed E-state index contributed by atoms with van der Waals surface area (Å²) in [6.45, 7) is 6.50. The van der Waals surface area contributed by atoms with E-state index in [1.165, 1.54) is 0 Å². The van der Waals surface area contributed by atoms with Crippen LogP contribution in [0.15, 0.2) is 18.5 Å². The second-order valence-electron chi connectivity index (χ2n) is 3.83. The van der Waals surface area contributed by atoms with Crippen molar-refractivity contribution in [1.82, 2.24) is 9.97 Å². The van der Waals surface area contributed by atoms with Crippen molar-refractivity contribution >= 4 is 5.95 Å². The molecule has 0 saturated heterocycles. The highest BCUT2D eigenvalue weighted by Gasteiger charge is 2.16. The molecule has 0 saturated carbocycles. The summed E-state index contributed by atoms with van der Waals surface area (Å²) in [6, 6.07) is 1.82. The first kappa shape index (κ1) is 9.96. The molecule has 0 amide bonds. The molecule has 72 valence electrons. The third kappa shape index (κ3) is 3.40. The van der Waals surface area contributed by atoms with Crippen molar-refractivity contribution in [2.24, 2.45) is 0 Å². The number of aromatic nitrogens is 2. The standard InChI is InChI=1S/C10H17N3/c1-4-6-10(2,3)13-9-11-7-5-8-12-9/h5,7-8H,4,6H2,1-3H3,(H,11,12,13). The van der Waals surface area contributed by atoms with Gasteiger partial charge < -0.3 is 5.32 Å². The van der Waals surface area contributed by atoms with Crippen molar-refractivity contribution in [2.75, 3.05) is 5.32 Å². The number of hydrogen-bond acceptors (Lipinski definition) is 3. The average molecular weight is 179 g/mol. The number of nitrogens with zero attached hydrogens (tertiary/aromatic N) is 2. The maximum Gasteiger partial charge on any atom is 0.222 e. The molecular formula is C10H17N3. The van der Waals surface area contributed by atoms with E-state index in [0.717, 1.165) is 12.8 Å². The molecule has 0 fully saturated rings. The fourth-order valence-corrected chi connectivity index (χ4v) is 1.35. The summed E-state index contributed by atoms with van der Waals surface area (Å²) in [5, 5.41) is 3.30. The van der Waals surface area contributed by atoms with Crippen LogP contribution in [0.4, 0.5) is 5.95 Å². The SMILES string of the molecule is CCCC(C)(C)Nc1ncccn1. The van der Waals surface area contributed by atoms with E-state index >= 15 is 0 Å². The van der Waals surface area contributed by atoms with E-state index in [-0.39, 0.29) is 5.54 Å². The molecule has 0 aliphatic heterocycles. The summed E-state index contributed by atoms with van der Waals surface area (Å²) in [6.07, 6.45) is 5.77. The molecule has 0 radical (unpaired) electrons. The third-order valence-electron chi connectivity index (χ3n) is 1.89. The van der Waals surface area contributed by atoms with Crippen LogP contribution in [0.2, 0.25) is 0 Å². The Morgan fingerprint density at radius 3 is 2.46 bits per heavy atom. The van der Waals surface area contributed by atoms with Crippen LogP contribution in [0.25, 0.3) is 0 Å². The van der Waals surface area contributed by atoms with Gasteiger partial charge in [0.25, 0.3) is 0 Å². The first-order valence-electron chi connectivity index (χ1n) is 4.69. The Bertz CT molecular complexity index is 244. The maximum atomic E-state index is 4.12.